The average Bonchev–Trinajstić information content (AvgIpc) is 2.90. The lowest BCUT2D eigenvalue weighted by Crippen LogP contribution is -2.26. The fourth-order valence-electron chi connectivity index (χ4n) is 2.87. The van der Waals surface area contributed by atoms with Crippen LogP contribution in [-0.4, -0.2) is 28.1 Å². The van der Waals surface area contributed by atoms with Crippen LogP contribution in [0.25, 0.3) is 0 Å². The SMILES string of the molecule is CCCNCC1CCCC1Cc1cn(C)nn1. The van der Waals surface area contributed by atoms with Crippen molar-refractivity contribution in [1.82, 2.24) is 20.3 Å². The fraction of sp³-hybridized carbons (Fsp3) is 0.846. The van der Waals surface area contributed by atoms with Gasteiger partial charge >= 0.3 is 0 Å². The van der Waals surface area contributed by atoms with Crippen molar-refractivity contribution in [3.8, 4) is 0 Å². The molecule has 2 unspecified atom stereocenters. The molecule has 0 bridgehead atoms. The number of aryl methyl sites for hydroxylation is 1. The minimum atomic E-state index is 0.802. The van der Waals surface area contributed by atoms with Gasteiger partial charge in [-0.1, -0.05) is 18.6 Å². The lowest BCUT2D eigenvalue weighted by Gasteiger charge is -2.18. The highest BCUT2D eigenvalue weighted by Gasteiger charge is 2.27. The summed E-state index contributed by atoms with van der Waals surface area (Å²) in [6.45, 7) is 4.55. The van der Waals surface area contributed by atoms with Crippen molar-refractivity contribution in [1.29, 1.82) is 0 Å². The zero-order chi connectivity index (χ0) is 12.1. The number of rotatable bonds is 6. The van der Waals surface area contributed by atoms with Crippen molar-refractivity contribution in [2.75, 3.05) is 13.1 Å². The van der Waals surface area contributed by atoms with Crippen molar-refractivity contribution in [3.63, 3.8) is 0 Å². The molecule has 2 rings (SSSR count). The second kappa shape index (κ2) is 6.15. The molecule has 0 radical (unpaired) electrons. The fourth-order valence-corrected chi connectivity index (χ4v) is 2.87. The van der Waals surface area contributed by atoms with E-state index in [-0.39, 0.29) is 0 Å². The molecular formula is C13H24N4. The van der Waals surface area contributed by atoms with Crippen molar-refractivity contribution >= 4 is 0 Å². The maximum absolute atomic E-state index is 4.20. The van der Waals surface area contributed by atoms with Crippen LogP contribution >= 0.6 is 0 Å². The topological polar surface area (TPSA) is 42.7 Å². The summed E-state index contributed by atoms with van der Waals surface area (Å²) in [5.41, 5.74) is 1.15. The summed E-state index contributed by atoms with van der Waals surface area (Å²) in [5, 5.41) is 11.8. The summed E-state index contributed by atoms with van der Waals surface area (Å²) in [6.07, 6.45) is 8.49. The van der Waals surface area contributed by atoms with Crippen LogP contribution in [-0.2, 0) is 13.5 Å². The van der Waals surface area contributed by atoms with E-state index in [4.69, 9.17) is 0 Å². The van der Waals surface area contributed by atoms with E-state index in [2.05, 4.69) is 28.7 Å². The van der Waals surface area contributed by atoms with Gasteiger partial charge in [-0.25, -0.2) is 0 Å². The molecule has 2 atom stereocenters. The number of hydrogen-bond acceptors (Lipinski definition) is 3. The molecule has 1 aliphatic rings. The first kappa shape index (κ1) is 12.6. The van der Waals surface area contributed by atoms with Gasteiger partial charge in [0.25, 0.3) is 0 Å². The largest absolute Gasteiger partial charge is 0.316 e. The number of aromatic nitrogens is 3. The van der Waals surface area contributed by atoms with E-state index in [1.54, 1.807) is 4.68 Å². The predicted octanol–water partition coefficient (Wildman–Crippen LogP) is 1.77. The third-order valence-corrected chi connectivity index (χ3v) is 3.77. The normalized spacial score (nSPS) is 24.4. The van der Waals surface area contributed by atoms with E-state index in [9.17, 15) is 0 Å². The molecule has 1 saturated carbocycles. The van der Waals surface area contributed by atoms with Crippen LogP contribution in [0.15, 0.2) is 6.20 Å². The second-order valence-electron chi connectivity index (χ2n) is 5.24. The Morgan fingerprint density at radius 3 is 2.94 bits per heavy atom. The average molecular weight is 236 g/mol. The highest BCUT2D eigenvalue weighted by Crippen LogP contribution is 2.33. The Morgan fingerprint density at radius 1 is 1.41 bits per heavy atom. The van der Waals surface area contributed by atoms with Crippen LogP contribution in [0, 0.1) is 11.8 Å². The molecular weight excluding hydrogens is 212 g/mol. The third-order valence-electron chi connectivity index (χ3n) is 3.77. The molecule has 0 spiro atoms. The predicted molar refractivity (Wildman–Crippen MR) is 68.7 cm³/mol. The first-order valence-corrected chi connectivity index (χ1v) is 6.85. The van der Waals surface area contributed by atoms with Crippen LogP contribution in [0.3, 0.4) is 0 Å². The van der Waals surface area contributed by atoms with Crippen LogP contribution in [0.1, 0.15) is 38.3 Å². The van der Waals surface area contributed by atoms with E-state index in [0.29, 0.717) is 0 Å². The Bertz CT molecular complexity index is 334. The van der Waals surface area contributed by atoms with Gasteiger partial charge in [-0.3, -0.25) is 4.68 Å². The highest BCUT2D eigenvalue weighted by molar-refractivity contribution is 4.96. The van der Waals surface area contributed by atoms with Crippen LogP contribution in [0.2, 0.25) is 0 Å². The molecule has 1 aliphatic carbocycles. The zero-order valence-electron chi connectivity index (χ0n) is 11.0. The Morgan fingerprint density at radius 2 is 2.24 bits per heavy atom. The molecule has 1 heterocycles. The molecule has 4 heteroatoms. The van der Waals surface area contributed by atoms with Crippen molar-refractivity contribution in [2.45, 2.75) is 39.0 Å². The van der Waals surface area contributed by atoms with Gasteiger partial charge in [-0.05, 0) is 50.6 Å². The standard InChI is InChI=1S/C13H24N4/c1-3-7-14-9-12-6-4-5-11(12)8-13-10-17(2)16-15-13/h10-12,14H,3-9H2,1-2H3. The molecule has 0 aromatic carbocycles. The van der Waals surface area contributed by atoms with Crippen LogP contribution in [0.4, 0.5) is 0 Å². The van der Waals surface area contributed by atoms with Gasteiger partial charge in [0.1, 0.15) is 0 Å². The van der Waals surface area contributed by atoms with Gasteiger partial charge < -0.3 is 5.32 Å². The van der Waals surface area contributed by atoms with Crippen molar-refractivity contribution < 1.29 is 0 Å². The lowest BCUT2D eigenvalue weighted by molar-refractivity contribution is 0.363. The Kier molecular flexibility index (Phi) is 4.54. The van der Waals surface area contributed by atoms with E-state index < -0.39 is 0 Å². The molecule has 1 N–H and O–H groups in total. The van der Waals surface area contributed by atoms with Crippen molar-refractivity contribution in [3.05, 3.63) is 11.9 Å². The number of hydrogen-bond donors (Lipinski definition) is 1. The summed E-state index contributed by atoms with van der Waals surface area (Å²) >= 11 is 0. The van der Waals surface area contributed by atoms with E-state index in [1.165, 1.54) is 32.2 Å². The van der Waals surface area contributed by atoms with E-state index in [1.807, 2.05) is 7.05 Å². The summed E-state index contributed by atoms with van der Waals surface area (Å²) in [4.78, 5) is 0. The van der Waals surface area contributed by atoms with E-state index in [0.717, 1.165) is 30.5 Å². The molecule has 0 amide bonds. The molecule has 1 fully saturated rings. The Labute approximate surface area is 104 Å². The van der Waals surface area contributed by atoms with Gasteiger partial charge in [0.2, 0.25) is 0 Å². The van der Waals surface area contributed by atoms with Gasteiger partial charge in [0, 0.05) is 13.2 Å². The quantitative estimate of drug-likeness (QED) is 0.766. The first-order chi connectivity index (χ1) is 8.29. The van der Waals surface area contributed by atoms with Crippen molar-refractivity contribution in [2.24, 2.45) is 18.9 Å². The van der Waals surface area contributed by atoms with Crippen LogP contribution < -0.4 is 5.32 Å². The Hall–Kier alpha value is -0.900. The van der Waals surface area contributed by atoms with Gasteiger partial charge in [-0.15, -0.1) is 5.10 Å². The first-order valence-electron chi connectivity index (χ1n) is 6.85. The second-order valence-corrected chi connectivity index (χ2v) is 5.24. The monoisotopic (exact) mass is 236 g/mol. The molecule has 1 aromatic rings. The Balaban J connectivity index is 1.82. The molecule has 1 aromatic heterocycles. The molecule has 0 aliphatic heterocycles. The van der Waals surface area contributed by atoms with Gasteiger partial charge in [-0.2, -0.15) is 0 Å². The molecule has 96 valence electrons. The zero-order valence-corrected chi connectivity index (χ0v) is 11.0. The number of nitrogens with one attached hydrogen (secondary N) is 1. The summed E-state index contributed by atoms with van der Waals surface area (Å²) in [7, 11) is 1.94. The molecule has 0 saturated heterocycles. The van der Waals surface area contributed by atoms with Gasteiger partial charge in [0.15, 0.2) is 0 Å². The maximum atomic E-state index is 4.20. The van der Waals surface area contributed by atoms with Gasteiger partial charge in [0.05, 0.1) is 5.69 Å². The lowest BCUT2D eigenvalue weighted by atomic mass is 9.91. The van der Waals surface area contributed by atoms with Crippen LogP contribution in [0.5, 0.6) is 0 Å². The molecule has 17 heavy (non-hydrogen) atoms. The summed E-state index contributed by atoms with van der Waals surface area (Å²) in [5.74, 6) is 1.64. The smallest absolute Gasteiger partial charge is 0.0829 e. The summed E-state index contributed by atoms with van der Waals surface area (Å²) in [6, 6.07) is 0. The minimum absolute atomic E-state index is 0.802. The molecule has 4 nitrogen and oxygen atoms in total. The maximum Gasteiger partial charge on any atom is 0.0829 e. The van der Waals surface area contributed by atoms with E-state index >= 15 is 0 Å². The summed E-state index contributed by atoms with van der Waals surface area (Å²) < 4.78 is 1.80. The third kappa shape index (κ3) is 3.53. The number of nitrogens with zero attached hydrogens (tertiary/aromatic N) is 3. The highest BCUT2D eigenvalue weighted by atomic mass is 15.4. The minimum Gasteiger partial charge on any atom is -0.316 e.